The second kappa shape index (κ2) is 3.27. The van der Waals surface area contributed by atoms with Crippen LogP contribution in [0.25, 0.3) is 11.4 Å². The molecule has 0 atom stereocenters. The number of rotatable bonds is 2. The second-order valence-electron chi connectivity index (χ2n) is 3.74. The summed E-state index contributed by atoms with van der Waals surface area (Å²) >= 11 is 0. The van der Waals surface area contributed by atoms with Crippen LogP contribution in [-0.4, -0.2) is 23.8 Å². The second-order valence-corrected chi connectivity index (χ2v) is 3.74. The van der Waals surface area contributed by atoms with Gasteiger partial charge in [0.2, 0.25) is 0 Å². The summed E-state index contributed by atoms with van der Waals surface area (Å²) in [6, 6.07) is 3.93. The molecular formula is C12H12N2O2. The molecule has 0 N–H and O–H groups in total. The summed E-state index contributed by atoms with van der Waals surface area (Å²) in [5, 5.41) is 0. The monoisotopic (exact) mass is 216 g/mol. The Morgan fingerprint density at radius 2 is 2.12 bits per heavy atom. The van der Waals surface area contributed by atoms with Gasteiger partial charge in [0.05, 0.1) is 26.3 Å². The molecule has 0 amide bonds. The van der Waals surface area contributed by atoms with Crippen LogP contribution in [0, 0.1) is 0 Å². The SMILES string of the molecule is COc1cc2c(c(OC)c1)-c1nccn1C2. The average Bonchev–Trinajstić information content (AvgIpc) is 2.86. The van der Waals surface area contributed by atoms with Crippen LogP contribution in [0.15, 0.2) is 24.5 Å². The summed E-state index contributed by atoms with van der Waals surface area (Å²) in [4.78, 5) is 4.34. The zero-order valence-corrected chi connectivity index (χ0v) is 9.23. The first-order valence-corrected chi connectivity index (χ1v) is 5.10. The zero-order valence-electron chi connectivity index (χ0n) is 9.23. The van der Waals surface area contributed by atoms with Crippen molar-refractivity contribution in [1.29, 1.82) is 0 Å². The van der Waals surface area contributed by atoms with Crippen molar-refractivity contribution in [2.75, 3.05) is 14.2 Å². The van der Waals surface area contributed by atoms with Crippen LogP contribution in [-0.2, 0) is 6.54 Å². The van der Waals surface area contributed by atoms with E-state index in [2.05, 4.69) is 9.55 Å². The van der Waals surface area contributed by atoms with Crippen molar-refractivity contribution in [3.8, 4) is 22.9 Å². The van der Waals surface area contributed by atoms with Gasteiger partial charge in [-0.2, -0.15) is 0 Å². The molecule has 3 rings (SSSR count). The van der Waals surface area contributed by atoms with Gasteiger partial charge in [0, 0.05) is 18.5 Å². The predicted molar refractivity (Wildman–Crippen MR) is 59.9 cm³/mol. The maximum atomic E-state index is 5.39. The van der Waals surface area contributed by atoms with Gasteiger partial charge < -0.3 is 14.0 Å². The van der Waals surface area contributed by atoms with Crippen molar-refractivity contribution in [1.82, 2.24) is 9.55 Å². The van der Waals surface area contributed by atoms with Gasteiger partial charge in [-0.25, -0.2) is 4.98 Å². The van der Waals surface area contributed by atoms with Crippen molar-refractivity contribution >= 4 is 0 Å². The Labute approximate surface area is 93.4 Å². The smallest absolute Gasteiger partial charge is 0.144 e. The van der Waals surface area contributed by atoms with E-state index in [4.69, 9.17) is 9.47 Å². The predicted octanol–water partition coefficient (Wildman–Crippen LogP) is 1.93. The lowest BCUT2D eigenvalue weighted by atomic mass is 10.1. The number of aromatic nitrogens is 2. The van der Waals surface area contributed by atoms with Crippen molar-refractivity contribution in [3.63, 3.8) is 0 Å². The van der Waals surface area contributed by atoms with E-state index in [-0.39, 0.29) is 0 Å². The molecule has 0 saturated heterocycles. The molecule has 16 heavy (non-hydrogen) atoms. The molecule has 0 saturated carbocycles. The third kappa shape index (κ3) is 1.13. The molecule has 4 heteroatoms. The molecule has 2 aromatic rings. The Bertz CT molecular complexity index is 546. The van der Waals surface area contributed by atoms with Crippen LogP contribution < -0.4 is 9.47 Å². The highest BCUT2D eigenvalue weighted by Crippen LogP contribution is 2.40. The van der Waals surface area contributed by atoms with Crippen LogP contribution in [0.1, 0.15) is 5.56 Å². The highest BCUT2D eigenvalue weighted by Gasteiger charge is 2.24. The highest BCUT2D eigenvalue weighted by atomic mass is 16.5. The van der Waals surface area contributed by atoms with Crippen LogP contribution in [0.4, 0.5) is 0 Å². The van der Waals surface area contributed by atoms with E-state index in [0.29, 0.717) is 0 Å². The molecule has 82 valence electrons. The van der Waals surface area contributed by atoms with Crippen LogP contribution in [0.3, 0.4) is 0 Å². The lowest BCUT2D eigenvalue weighted by Gasteiger charge is -2.08. The molecule has 0 fully saturated rings. The minimum absolute atomic E-state index is 0.819. The number of hydrogen-bond acceptors (Lipinski definition) is 3. The maximum Gasteiger partial charge on any atom is 0.144 e. The van der Waals surface area contributed by atoms with E-state index in [1.807, 2.05) is 24.5 Å². The van der Waals surface area contributed by atoms with Crippen LogP contribution in [0.5, 0.6) is 11.5 Å². The first-order valence-electron chi connectivity index (χ1n) is 5.10. The van der Waals surface area contributed by atoms with E-state index in [1.54, 1.807) is 14.2 Å². The molecule has 1 aromatic carbocycles. The van der Waals surface area contributed by atoms with E-state index in [9.17, 15) is 0 Å². The summed E-state index contributed by atoms with van der Waals surface area (Å²) in [6.07, 6.45) is 3.78. The quantitative estimate of drug-likeness (QED) is 0.656. The van der Waals surface area contributed by atoms with Gasteiger partial charge in [-0.15, -0.1) is 0 Å². The summed E-state index contributed by atoms with van der Waals surface area (Å²) in [5.41, 5.74) is 2.27. The standard InChI is InChI=1S/C12H12N2O2/c1-15-9-5-8-7-14-4-3-13-12(14)11(8)10(6-9)16-2/h3-6H,7H2,1-2H3. The van der Waals surface area contributed by atoms with Crippen LogP contribution >= 0.6 is 0 Å². The van der Waals surface area contributed by atoms with Gasteiger partial charge in [-0.05, 0) is 11.6 Å². The Kier molecular flexibility index (Phi) is 1.89. The van der Waals surface area contributed by atoms with Crippen molar-refractivity contribution in [2.24, 2.45) is 0 Å². The molecule has 0 bridgehead atoms. The van der Waals surface area contributed by atoms with Gasteiger partial charge in [-0.3, -0.25) is 0 Å². The van der Waals surface area contributed by atoms with Gasteiger partial charge in [0.25, 0.3) is 0 Å². The molecule has 0 spiro atoms. The van der Waals surface area contributed by atoms with E-state index >= 15 is 0 Å². The number of imidazole rings is 1. The van der Waals surface area contributed by atoms with Crippen molar-refractivity contribution < 1.29 is 9.47 Å². The van der Waals surface area contributed by atoms with E-state index in [0.717, 1.165) is 29.4 Å². The fourth-order valence-electron chi connectivity index (χ4n) is 2.15. The minimum atomic E-state index is 0.819. The van der Waals surface area contributed by atoms with Gasteiger partial charge >= 0.3 is 0 Å². The molecule has 4 nitrogen and oxygen atoms in total. The third-order valence-corrected chi connectivity index (χ3v) is 2.89. The number of fused-ring (bicyclic) bond motifs is 3. The molecular weight excluding hydrogens is 204 g/mol. The highest BCUT2D eigenvalue weighted by molar-refractivity contribution is 5.73. The summed E-state index contributed by atoms with van der Waals surface area (Å²) in [6.45, 7) is 0.832. The third-order valence-electron chi connectivity index (χ3n) is 2.89. The van der Waals surface area contributed by atoms with E-state index < -0.39 is 0 Å². The topological polar surface area (TPSA) is 36.3 Å². The van der Waals surface area contributed by atoms with Gasteiger partial charge in [0.1, 0.15) is 17.3 Å². The van der Waals surface area contributed by atoms with Crippen molar-refractivity contribution in [2.45, 2.75) is 6.54 Å². The zero-order chi connectivity index (χ0) is 11.1. The molecule has 0 radical (unpaired) electrons. The number of ether oxygens (including phenoxy) is 2. The Balaban J connectivity index is 2.24. The fraction of sp³-hybridized carbons (Fsp3) is 0.250. The van der Waals surface area contributed by atoms with Crippen LogP contribution in [0.2, 0.25) is 0 Å². The lowest BCUT2D eigenvalue weighted by Crippen LogP contribution is -1.92. The van der Waals surface area contributed by atoms with Gasteiger partial charge in [-0.1, -0.05) is 0 Å². The summed E-state index contributed by atoms with van der Waals surface area (Å²) in [5.74, 6) is 2.61. The molecule has 1 aromatic heterocycles. The fourth-order valence-corrected chi connectivity index (χ4v) is 2.15. The average molecular weight is 216 g/mol. The van der Waals surface area contributed by atoms with Crippen molar-refractivity contribution in [3.05, 3.63) is 30.1 Å². The number of methoxy groups -OCH3 is 2. The molecule has 2 heterocycles. The molecule has 0 unspecified atom stereocenters. The largest absolute Gasteiger partial charge is 0.497 e. The summed E-state index contributed by atoms with van der Waals surface area (Å²) in [7, 11) is 3.33. The molecule has 0 aliphatic carbocycles. The Hall–Kier alpha value is -1.97. The molecule has 1 aliphatic heterocycles. The first kappa shape index (κ1) is 9.27. The number of benzene rings is 1. The summed E-state index contributed by atoms with van der Waals surface area (Å²) < 4.78 is 12.7. The minimum Gasteiger partial charge on any atom is -0.497 e. The maximum absolute atomic E-state index is 5.39. The molecule has 1 aliphatic rings. The normalized spacial score (nSPS) is 12.1. The number of nitrogens with zero attached hydrogens (tertiary/aromatic N) is 2. The van der Waals surface area contributed by atoms with E-state index in [1.165, 1.54) is 5.56 Å². The Morgan fingerprint density at radius 3 is 2.88 bits per heavy atom. The Morgan fingerprint density at radius 1 is 1.25 bits per heavy atom. The first-order chi connectivity index (χ1) is 7.83. The number of hydrogen-bond donors (Lipinski definition) is 0. The van der Waals surface area contributed by atoms with Gasteiger partial charge in [0.15, 0.2) is 0 Å². The lowest BCUT2D eigenvalue weighted by molar-refractivity contribution is 0.395.